The molecule has 258 valence electrons. The molecule has 0 N–H and O–H groups in total. The van der Waals surface area contributed by atoms with Gasteiger partial charge in [-0.15, -0.1) is 11.8 Å². The minimum absolute atomic E-state index is 0.0241. The lowest BCUT2D eigenvalue weighted by Crippen LogP contribution is -2.55. The third-order valence-corrected chi connectivity index (χ3v) is 12.7. The summed E-state index contributed by atoms with van der Waals surface area (Å²) in [5.41, 5.74) is 4.37. The summed E-state index contributed by atoms with van der Waals surface area (Å²) in [6, 6.07) is 15.1. The Labute approximate surface area is 290 Å². The predicted octanol–water partition coefficient (Wildman–Crippen LogP) is 5.81. The molecule has 3 aliphatic heterocycles. The molecule has 0 spiro atoms. The van der Waals surface area contributed by atoms with Crippen LogP contribution in [-0.4, -0.2) is 94.1 Å². The number of nitrogens with zero attached hydrogens (tertiary/aromatic N) is 7. The fourth-order valence-electron chi connectivity index (χ4n) is 7.92. The lowest BCUT2D eigenvalue weighted by molar-refractivity contribution is -0.128. The quantitative estimate of drug-likeness (QED) is 0.194. The summed E-state index contributed by atoms with van der Waals surface area (Å²) < 4.78 is 33.3. The molecule has 2 aromatic carbocycles. The number of halogens is 2. The number of benzene rings is 2. The molecule has 2 saturated heterocycles. The van der Waals surface area contributed by atoms with Gasteiger partial charge in [0.15, 0.2) is 0 Å². The van der Waals surface area contributed by atoms with Crippen LogP contribution in [0.2, 0.25) is 0 Å². The van der Waals surface area contributed by atoms with Crippen LogP contribution in [0, 0.1) is 24.2 Å². The van der Waals surface area contributed by atoms with Gasteiger partial charge < -0.3 is 19.4 Å². The first-order valence-corrected chi connectivity index (χ1v) is 18.0. The molecular weight excluding hydrogens is 645 g/mol. The van der Waals surface area contributed by atoms with E-state index in [0.717, 1.165) is 30.0 Å². The second-order valence-corrected chi connectivity index (χ2v) is 15.6. The fourth-order valence-corrected chi connectivity index (χ4v) is 9.35. The molecule has 12 heteroatoms. The van der Waals surface area contributed by atoms with Crippen LogP contribution in [0.25, 0.3) is 10.8 Å². The highest BCUT2D eigenvalue weighted by Crippen LogP contribution is 2.66. The first kappa shape index (κ1) is 33.5. The second-order valence-electron chi connectivity index (χ2n) is 14.0. The van der Waals surface area contributed by atoms with E-state index in [9.17, 15) is 18.8 Å². The number of alkyl halides is 2. The molecule has 1 saturated carbocycles. The van der Waals surface area contributed by atoms with Crippen LogP contribution in [-0.2, 0) is 17.8 Å². The Hall–Kier alpha value is -3.95. The number of amides is 1. The summed E-state index contributed by atoms with van der Waals surface area (Å²) in [6.07, 6.45) is 2.21. The van der Waals surface area contributed by atoms with Crippen molar-refractivity contribution in [3.8, 4) is 12.1 Å². The number of thioether (sulfide) groups is 1. The van der Waals surface area contributed by atoms with E-state index in [4.69, 9.17) is 14.7 Å². The molecule has 1 amide bonds. The number of hydrogen-bond donors (Lipinski definition) is 0. The Kier molecular flexibility index (Phi) is 8.94. The van der Waals surface area contributed by atoms with Crippen LogP contribution < -0.4 is 14.5 Å². The van der Waals surface area contributed by atoms with E-state index < -0.39 is 5.92 Å². The summed E-state index contributed by atoms with van der Waals surface area (Å²) >= 11 is 1.76. The molecule has 1 aliphatic carbocycles. The maximum Gasteiger partial charge on any atom is 0.318 e. The molecule has 0 radical (unpaired) electrons. The van der Waals surface area contributed by atoms with Crippen molar-refractivity contribution in [2.75, 3.05) is 56.2 Å². The zero-order valence-corrected chi connectivity index (χ0v) is 29.2. The minimum Gasteiger partial charge on any atom is -0.462 e. The molecule has 1 aromatic heterocycles. The van der Waals surface area contributed by atoms with Crippen LogP contribution in [0.4, 0.5) is 20.3 Å². The molecule has 0 bridgehead atoms. The molecule has 3 atom stereocenters. The fraction of sp³-hybridized carbons (Fsp3) is 0.514. The van der Waals surface area contributed by atoms with Gasteiger partial charge in [-0.25, -0.2) is 8.78 Å². The number of nitriles is 1. The van der Waals surface area contributed by atoms with Crippen molar-refractivity contribution in [3.05, 3.63) is 65.9 Å². The number of ether oxygens (including phenoxy) is 1. The molecule has 4 heterocycles. The lowest BCUT2D eigenvalue weighted by Gasteiger charge is -2.42. The van der Waals surface area contributed by atoms with Crippen molar-refractivity contribution in [1.29, 1.82) is 5.26 Å². The minimum atomic E-state index is -2.52. The molecule has 3 aromatic rings. The highest BCUT2D eigenvalue weighted by molar-refractivity contribution is 8.08. The highest BCUT2D eigenvalue weighted by atomic mass is 32.2. The first-order valence-electron chi connectivity index (χ1n) is 17.1. The number of fused-ring (bicyclic) bond motifs is 2. The number of carbonyl (C=O) groups is 1. The second kappa shape index (κ2) is 13.1. The van der Waals surface area contributed by atoms with Gasteiger partial charge in [0, 0.05) is 66.9 Å². The predicted molar refractivity (Wildman–Crippen MR) is 189 cm³/mol. The monoisotopic (exact) mass is 687 g/mol. The Bertz CT molecular complexity index is 1800. The number of anilines is 2. The van der Waals surface area contributed by atoms with Crippen molar-refractivity contribution in [1.82, 2.24) is 19.8 Å². The number of aryl methyl sites for hydroxylation is 1. The molecule has 9 nitrogen and oxygen atoms in total. The summed E-state index contributed by atoms with van der Waals surface area (Å²) in [7, 11) is 2.02. The number of carbonyl (C=O) groups excluding carboxylic acids is 1. The van der Waals surface area contributed by atoms with E-state index in [2.05, 4.69) is 77.6 Å². The maximum absolute atomic E-state index is 13.6. The topological polar surface area (TPSA) is 88.8 Å². The third-order valence-electron chi connectivity index (χ3n) is 10.8. The maximum atomic E-state index is 13.6. The van der Waals surface area contributed by atoms with Gasteiger partial charge in [-0.2, -0.15) is 15.2 Å². The SMILES string of the molecule is C=CC(=O)N1CCN(c2nc(OCCN(C)C3S[C@@]3(C)C3CC(F)(F)C3)nc3c2CCN(c2cccc4cccc(C)c24)C3)C[C@@H]1CC#N. The highest BCUT2D eigenvalue weighted by Gasteiger charge is 2.65. The Morgan fingerprint density at radius 2 is 1.96 bits per heavy atom. The summed E-state index contributed by atoms with van der Waals surface area (Å²) in [5, 5.41) is 12.2. The number of aromatic nitrogens is 2. The Morgan fingerprint density at radius 3 is 2.69 bits per heavy atom. The van der Waals surface area contributed by atoms with Crippen molar-refractivity contribution < 1.29 is 18.3 Å². The molecule has 4 aliphatic rings. The standard InChI is InChI=1S/C37H43F2N7O2S/c1-5-31(47)46-17-16-45(22-27(46)12-14-40)33-28-13-15-44(30-11-7-10-25-9-6-8-24(2)32(25)30)23-29(28)41-35(42-33)48-19-18-43(4)34-36(3,49-34)26-20-37(38,39)21-26/h5-11,26-27,34H,1,12-13,15-23H2,2-4H3/t27-,34?,36-/m0/s1. The van der Waals surface area contributed by atoms with Gasteiger partial charge in [0.1, 0.15) is 12.4 Å². The third kappa shape index (κ3) is 6.43. The van der Waals surface area contributed by atoms with Gasteiger partial charge in [0.25, 0.3) is 0 Å². The van der Waals surface area contributed by atoms with Crippen LogP contribution in [0.5, 0.6) is 6.01 Å². The number of piperazine rings is 1. The van der Waals surface area contributed by atoms with E-state index in [0.29, 0.717) is 45.3 Å². The van der Waals surface area contributed by atoms with Crippen LogP contribution in [0.1, 0.15) is 43.0 Å². The van der Waals surface area contributed by atoms with Crippen molar-refractivity contribution in [2.24, 2.45) is 5.92 Å². The van der Waals surface area contributed by atoms with Crippen LogP contribution >= 0.6 is 11.8 Å². The van der Waals surface area contributed by atoms with Crippen LogP contribution in [0.15, 0.2) is 49.1 Å². The molecule has 3 fully saturated rings. The average molecular weight is 688 g/mol. The Morgan fingerprint density at radius 1 is 1.18 bits per heavy atom. The van der Waals surface area contributed by atoms with Gasteiger partial charge in [0.05, 0.1) is 36.1 Å². The van der Waals surface area contributed by atoms with Crippen molar-refractivity contribution in [3.63, 3.8) is 0 Å². The summed E-state index contributed by atoms with van der Waals surface area (Å²) in [4.78, 5) is 31.0. The van der Waals surface area contributed by atoms with Gasteiger partial charge in [-0.05, 0) is 56.3 Å². The van der Waals surface area contributed by atoms with Gasteiger partial charge in [0.2, 0.25) is 11.8 Å². The summed E-state index contributed by atoms with van der Waals surface area (Å²) in [5.74, 6) is -1.86. The van der Waals surface area contributed by atoms with Gasteiger partial charge in [-0.1, -0.05) is 36.9 Å². The van der Waals surface area contributed by atoms with Gasteiger partial charge in [-0.3, -0.25) is 9.69 Å². The number of likely N-dealkylation sites (N-methyl/N-ethyl adjacent to an activating group) is 1. The molecular formula is C37H43F2N7O2S. The van der Waals surface area contributed by atoms with Crippen LogP contribution in [0.3, 0.4) is 0 Å². The smallest absolute Gasteiger partial charge is 0.318 e. The van der Waals surface area contributed by atoms with Crippen molar-refractivity contribution in [2.45, 2.75) is 68.2 Å². The zero-order valence-electron chi connectivity index (χ0n) is 28.4. The normalized spacial score (nSPS) is 24.7. The van der Waals surface area contributed by atoms with E-state index in [1.165, 1.54) is 28.1 Å². The molecule has 49 heavy (non-hydrogen) atoms. The van der Waals surface area contributed by atoms with Crippen molar-refractivity contribution >= 4 is 39.9 Å². The molecule has 7 rings (SSSR count). The number of hydrogen-bond acceptors (Lipinski definition) is 9. The zero-order chi connectivity index (χ0) is 34.5. The van der Waals surface area contributed by atoms with E-state index in [-0.39, 0.29) is 47.3 Å². The van der Waals surface area contributed by atoms with Gasteiger partial charge >= 0.3 is 6.01 Å². The van der Waals surface area contributed by atoms with E-state index in [1.54, 1.807) is 16.7 Å². The van der Waals surface area contributed by atoms with E-state index >= 15 is 0 Å². The summed E-state index contributed by atoms with van der Waals surface area (Å²) in [6.45, 7) is 11.8. The number of rotatable bonds is 10. The largest absolute Gasteiger partial charge is 0.462 e. The van der Waals surface area contributed by atoms with E-state index in [1.807, 2.05) is 7.05 Å². The average Bonchev–Trinajstić information content (AvgIpc) is 3.78. The molecule has 1 unspecified atom stereocenters. The Balaban J connectivity index is 1.13. The first-order chi connectivity index (χ1) is 23.5. The lowest BCUT2D eigenvalue weighted by atomic mass is 9.73.